The van der Waals surface area contributed by atoms with Crippen molar-refractivity contribution in [3.8, 4) is 23.0 Å². The number of rotatable bonds is 10. The summed E-state index contributed by atoms with van der Waals surface area (Å²) in [7, 11) is 6.17. The van der Waals surface area contributed by atoms with Crippen molar-refractivity contribution >= 4 is 23.0 Å². The van der Waals surface area contributed by atoms with Crippen molar-refractivity contribution in [2.45, 2.75) is 12.5 Å². The number of Topliss-reactive ketones (excluding diaryl/α,β-unsaturated/α-hetero) is 1. The van der Waals surface area contributed by atoms with Crippen LogP contribution in [-0.4, -0.2) is 56.7 Å². The number of ketones is 1. The van der Waals surface area contributed by atoms with Crippen LogP contribution in [0.25, 0.3) is 0 Å². The van der Waals surface area contributed by atoms with Crippen LogP contribution in [-0.2, 0) is 11.2 Å². The number of methoxy groups -OCH3 is 4. The predicted octanol–water partition coefficient (Wildman–Crippen LogP) is 4.60. The molecule has 9 heteroatoms. The number of amides is 1. The minimum atomic E-state index is -0.840. The molecule has 4 rings (SSSR count). The van der Waals surface area contributed by atoms with E-state index < -0.39 is 23.5 Å². The molecule has 188 valence electrons. The molecule has 1 unspecified atom stereocenters. The summed E-state index contributed by atoms with van der Waals surface area (Å²) < 4.78 is 21.6. The average molecular weight is 510 g/mol. The molecule has 1 aliphatic heterocycles. The van der Waals surface area contributed by atoms with Crippen molar-refractivity contribution in [3.63, 3.8) is 0 Å². The number of benzene rings is 2. The van der Waals surface area contributed by atoms with Crippen LogP contribution in [0.2, 0.25) is 0 Å². The van der Waals surface area contributed by atoms with Crippen molar-refractivity contribution < 1.29 is 33.6 Å². The SMILES string of the molecule is COc1ccc(C2C(C(=O)c3cccs3)=C(O)C(=O)N2CCc2ccc(OC)c(OC)c2)c(OC)c1. The van der Waals surface area contributed by atoms with Gasteiger partial charge >= 0.3 is 0 Å². The van der Waals surface area contributed by atoms with E-state index in [1.807, 2.05) is 12.1 Å². The molecule has 1 amide bonds. The first kappa shape index (κ1) is 25.1. The monoisotopic (exact) mass is 509 g/mol. The molecular formula is C27H27NO7S. The second-order valence-electron chi connectivity index (χ2n) is 8.02. The number of carbonyl (C=O) groups is 2. The van der Waals surface area contributed by atoms with Gasteiger partial charge in [0.2, 0.25) is 5.78 Å². The molecule has 0 fully saturated rings. The highest BCUT2D eigenvalue weighted by molar-refractivity contribution is 7.12. The average Bonchev–Trinajstić information content (AvgIpc) is 3.54. The first-order valence-electron chi connectivity index (χ1n) is 11.2. The van der Waals surface area contributed by atoms with Crippen molar-refractivity contribution in [2.75, 3.05) is 35.0 Å². The normalized spacial score (nSPS) is 15.3. The molecule has 1 aromatic heterocycles. The maximum absolute atomic E-state index is 13.5. The Hall–Kier alpha value is -3.98. The zero-order chi connectivity index (χ0) is 25.8. The van der Waals surface area contributed by atoms with E-state index in [0.717, 1.165) is 5.56 Å². The van der Waals surface area contributed by atoms with Gasteiger partial charge in [0.05, 0.1) is 44.9 Å². The van der Waals surface area contributed by atoms with Crippen LogP contribution >= 0.6 is 11.3 Å². The smallest absolute Gasteiger partial charge is 0.290 e. The molecule has 0 saturated heterocycles. The van der Waals surface area contributed by atoms with E-state index in [9.17, 15) is 14.7 Å². The highest BCUT2D eigenvalue weighted by atomic mass is 32.1. The van der Waals surface area contributed by atoms with E-state index >= 15 is 0 Å². The minimum Gasteiger partial charge on any atom is -0.503 e. The molecule has 8 nitrogen and oxygen atoms in total. The van der Waals surface area contributed by atoms with Gasteiger partial charge in [-0.3, -0.25) is 9.59 Å². The fourth-order valence-corrected chi connectivity index (χ4v) is 4.99. The number of hydrogen-bond acceptors (Lipinski definition) is 8. The van der Waals surface area contributed by atoms with Crippen LogP contribution in [0.1, 0.15) is 26.8 Å². The van der Waals surface area contributed by atoms with E-state index in [4.69, 9.17) is 18.9 Å². The van der Waals surface area contributed by atoms with Crippen LogP contribution < -0.4 is 18.9 Å². The maximum Gasteiger partial charge on any atom is 0.290 e. The maximum atomic E-state index is 13.5. The Morgan fingerprint density at radius 2 is 1.69 bits per heavy atom. The van der Waals surface area contributed by atoms with Gasteiger partial charge in [0.25, 0.3) is 5.91 Å². The zero-order valence-electron chi connectivity index (χ0n) is 20.4. The molecule has 1 atom stereocenters. The van der Waals surface area contributed by atoms with Crippen LogP contribution in [0.3, 0.4) is 0 Å². The molecule has 2 aromatic carbocycles. The second-order valence-corrected chi connectivity index (χ2v) is 8.96. The van der Waals surface area contributed by atoms with Gasteiger partial charge in [-0.25, -0.2) is 0 Å². The Kier molecular flexibility index (Phi) is 7.49. The van der Waals surface area contributed by atoms with Crippen LogP contribution in [0, 0.1) is 0 Å². The van der Waals surface area contributed by atoms with Gasteiger partial charge in [-0.05, 0) is 47.7 Å². The highest BCUT2D eigenvalue weighted by Gasteiger charge is 2.45. The van der Waals surface area contributed by atoms with Gasteiger partial charge in [0.15, 0.2) is 17.3 Å². The Balaban J connectivity index is 1.74. The first-order chi connectivity index (χ1) is 17.4. The third kappa shape index (κ3) is 4.61. The Labute approximate surface area is 213 Å². The number of aliphatic hydroxyl groups excluding tert-OH is 1. The van der Waals surface area contributed by atoms with E-state index in [1.165, 1.54) is 23.3 Å². The Morgan fingerprint density at radius 3 is 2.33 bits per heavy atom. The number of hydrogen-bond donors (Lipinski definition) is 1. The summed E-state index contributed by atoms with van der Waals surface area (Å²) in [6, 6.07) is 13.3. The van der Waals surface area contributed by atoms with Crippen LogP contribution in [0.4, 0.5) is 0 Å². The lowest BCUT2D eigenvalue weighted by atomic mass is 9.94. The van der Waals surface area contributed by atoms with Crippen LogP contribution in [0.5, 0.6) is 23.0 Å². The van der Waals surface area contributed by atoms with Gasteiger partial charge < -0.3 is 29.0 Å². The molecule has 1 aliphatic rings. The largest absolute Gasteiger partial charge is 0.503 e. The van der Waals surface area contributed by atoms with Crippen molar-refractivity contribution in [1.82, 2.24) is 4.90 Å². The molecule has 1 N–H and O–H groups in total. The van der Waals surface area contributed by atoms with E-state index in [-0.39, 0.29) is 12.1 Å². The molecule has 0 spiro atoms. The van der Waals surface area contributed by atoms with Gasteiger partial charge in [-0.2, -0.15) is 0 Å². The number of ether oxygens (including phenoxy) is 4. The van der Waals surface area contributed by atoms with Gasteiger partial charge in [0, 0.05) is 18.2 Å². The number of aliphatic hydroxyl groups is 1. The summed E-state index contributed by atoms with van der Waals surface area (Å²) in [4.78, 5) is 28.7. The lowest BCUT2D eigenvalue weighted by Gasteiger charge is -2.28. The molecule has 0 bridgehead atoms. The summed E-state index contributed by atoms with van der Waals surface area (Å²) >= 11 is 1.25. The van der Waals surface area contributed by atoms with E-state index in [2.05, 4.69) is 0 Å². The molecule has 36 heavy (non-hydrogen) atoms. The summed E-state index contributed by atoms with van der Waals surface area (Å²) in [6.07, 6.45) is 0.453. The Morgan fingerprint density at radius 1 is 0.944 bits per heavy atom. The number of thiophene rings is 1. The topological polar surface area (TPSA) is 94.5 Å². The first-order valence-corrected chi connectivity index (χ1v) is 12.1. The lowest BCUT2D eigenvalue weighted by Crippen LogP contribution is -2.33. The zero-order valence-corrected chi connectivity index (χ0v) is 21.3. The third-order valence-corrected chi connectivity index (χ3v) is 6.99. The Bertz CT molecular complexity index is 1300. The summed E-state index contributed by atoms with van der Waals surface area (Å²) in [5.74, 6) is 0.618. The fourth-order valence-electron chi connectivity index (χ4n) is 4.31. The molecule has 3 aromatic rings. The van der Waals surface area contributed by atoms with Crippen molar-refractivity contribution in [2.24, 2.45) is 0 Å². The molecule has 0 radical (unpaired) electrons. The summed E-state index contributed by atoms with van der Waals surface area (Å²) in [5, 5.41) is 12.7. The van der Waals surface area contributed by atoms with Crippen molar-refractivity contribution in [3.05, 3.63) is 81.2 Å². The second kappa shape index (κ2) is 10.7. The number of carbonyl (C=O) groups excluding carboxylic acids is 2. The molecule has 0 aliphatic carbocycles. The molecule has 0 saturated carbocycles. The minimum absolute atomic E-state index is 0.0261. The van der Waals surface area contributed by atoms with Gasteiger partial charge in [0.1, 0.15) is 11.5 Å². The number of nitrogens with zero attached hydrogens (tertiary/aromatic N) is 1. The standard InChI is InChI=1S/C27H27NO7S/c1-32-17-8-9-18(20(15-17)34-3)24-23(25(29)22-6-5-13-36-22)26(30)27(31)28(24)12-11-16-7-10-19(33-2)21(14-16)35-4/h5-10,13-15,24,30H,11-12H2,1-4H3. The molecular weight excluding hydrogens is 482 g/mol. The lowest BCUT2D eigenvalue weighted by molar-refractivity contribution is -0.129. The molecule has 2 heterocycles. The summed E-state index contributed by atoms with van der Waals surface area (Å²) in [5.41, 5.74) is 1.50. The van der Waals surface area contributed by atoms with E-state index in [1.54, 1.807) is 63.1 Å². The third-order valence-electron chi connectivity index (χ3n) is 6.12. The van der Waals surface area contributed by atoms with Crippen molar-refractivity contribution in [1.29, 1.82) is 0 Å². The van der Waals surface area contributed by atoms with Gasteiger partial charge in [-0.15, -0.1) is 11.3 Å². The summed E-state index contributed by atoms with van der Waals surface area (Å²) in [6.45, 7) is 0.236. The highest BCUT2D eigenvalue weighted by Crippen LogP contribution is 2.44. The van der Waals surface area contributed by atoms with Gasteiger partial charge in [-0.1, -0.05) is 12.1 Å². The predicted molar refractivity (Wildman–Crippen MR) is 136 cm³/mol. The quantitative estimate of drug-likeness (QED) is 0.399. The van der Waals surface area contributed by atoms with Crippen LogP contribution in [0.15, 0.2) is 65.2 Å². The fraction of sp³-hybridized carbons (Fsp3) is 0.259. The van der Waals surface area contributed by atoms with E-state index in [0.29, 0.717) is 39.9 Å².